The molecule has 33 heavy (non-hydrogen) atoms. The summed E-state index contributed by atoms with van der Waals surface area (Å²) in [6, 6.07) is 0.437. The number of rotatable bonds is 5. The molecule has 2 saturated carbocycles. The summed E-state index contributed by atoms with van der Waals surface area (Å²) < 4.78 is 5.57. The molecule has 4 fully saturated rings. The molecular weight excluding hydrogens is 422 g/mol. The van der Waals surface area contributed by atoms with Gasteiger partial charge in [0.15, 0.2) is 0 Å². The highest BCUT2D eigenvalue weighted by atomic mass is 16.6. The van der Waals surface area contributed by atoms with Gasteiger partial charge < -0.3 is 19.4 Å². The molecule has 9 nitrogen and oxygen atoms in total. The molecular formula is C24H41N5O4. The average Bonchev–Trinajstić information content (AvgIpc) is 3.50. The van der Waals surface area contributed by atoms with Gasteiger partial charge in [-0.2, -0.15) is 0 Å². The molecule has 2 saturated heterocycles. The summed E-state index contributed by atoms with van der Waals surface area (Å²) in [4.78, 5) is 43.7. The lowest BCUT2D eigenvalue weighted by Crippen LogP contribution is -2.67. The number of hydrogen-bond donors (Lipinski definition) is 1. The van der Waals surface area contributed by atoms with E-state index in [1.54, 1.807) is 6.92 Å². The van der Waals surface area contributed by atoms with Gasteiger partial charge in [0.1, 0.15) is 0 Å². The summed E-state index contributed by atoms with van der Waals surface area (Å²) in [7, 11) is 1.91. The molecule has 4 aliphatic rings. The summed E-state index contributed by atoms with van der Waals surface area (Å²) in [5.41, 5.74) is 3.43. The Hall–Kier alpha value is -1.87. The lowest BCUT2D eigenvalue weighted by atomic mass is 9.73. The zero-order valence-electron chi connectivity index (χ0n) is 20.8. The minimum Gasteiger partial charge on any atom is -0.447 e. The molecule has 3 amide bonds. The van der Waals surface area contributed by atoms with Gasteiger partial charge in [-0.3, -0.25) is 15.0 Å². The van der Waals surface area contributed by atoms with E-state index >= 15 is 0 Å². The molecule has 0 aromatic rings. The molecule has 0 bridgehead atoms. The fourth-order valence-corrected chi connectivity index (χ4v) is 6.14. The van der Waals surface area contributed by atoms with Crippen LogP contribution in [0.5, 0.6) is 0 Å². The zero-order valence-corrected chi connectivity index (χ0v) is 20.8. The Morgan fingerprint density at radius 1 is 1.06 bits per heavy atom. The number of carbonyl (C=O) groups is 3. The molecule has 9 heteroatoms. The number of carbonyl (C=O) groups excluding carboxylic acids is 3. The van der Waals surface area contributed by atoms with Crippen LogP contribution in [0, 0.1) is 11.8 Å². The number of fused-ring (bicyclic) bond motifs is 1. The van der Waals surface area contributed by atoms with Crippen LogP contribution in [-0.2, 0) is 14.3 Å². The Morgan fingerprint density at radius 2 is 1.79 bits per heavy atom. The number of nitrogens with zero attached hydrogens (tertiary/aromatic N) is 4. The Labute approximate surface area is 197 Å². The van der Waals surface area contributed by atoms with Crippen molar-refractivity contribution >= 4 is 17.9 Å². The van der Waals surface area contributed by atoms with Gasteiger partial charge >= 0.3 is 6.09 Å². The van der Waals surface area contributed by atoms with E-state index in [9.17, 15) is 14.4 Å². The van der Waals surface area contributed by atoms with Gasteiger partial charge in [-0.05, 0) is 64.7 Å². The van der Waals surface area contributed by atoms with E-state index in [4.69, 9.17) is 4.74 Å². The predicted octanol–water partition coefficient (Wildman–Crippen LogP) is 1.68. The number of nitrogens with one attached hydrogen (secondary N) is 1. The van der Waals surface area contributed by atoms with Crippen molar-refractivity contribution in [3.05, 3.63) is 0 Å². The molecule has 2 aliphatic carbocycles. The number of piperazine rings is 1. The molecule has 2 aliphatic heterocycles. The van der Waals surface area contributed by atoms with Gasteiger partial charge in [0.25, 0.3) is 0 Å². The van der Waals surface area contributed by atoms with Crippen LogP contribution in [0.15, 0.2) is 0 Å². The van der Waals surface area contributed by atoms with E-state index in [0.29, 0.717) is 31.0 Å². The van der Waals surface area contributed by atoms with Gasteiger partial charge in [-0.1, -0.05) is 0 Å². The number of hydrazine groups is 1. The van der Waals surface area contributed by atoms with Gasteiger partial charge in [-0.15, -0.1) is 0 Å². The largest absolute Gasteiger partial charge is 0.447 e. The average molecular weight is 464 g/mol. The molecule has 0 radical (unpaired) electrons. The fraction of sp³-hybridized carbons (Fsp3) is 0.875. The van der Waals surface area contributed by atoms with Crippen LogP contribution < -0.4 is 5.43 Å². The molecule has 1 N–H and O–H groups in total. The second kappa shape index (κ2) is 9.78. The summed E-state index contributed by atoms with van der Waals surface area (Å²) in [6.45, 7) is 10.0. The first-order chi connectivity index (χ1) is 15.7. The minimum atomic E-state index is -0.268. The van der Waals surface area contributed by atoms with Gasteiger partial charge in [-0.25, -0.2) is 9.80 Å². The Bertz CT molecular complexity index is 757. The number of amides is 3. The summed E-state index contributed by atoms with van der Waals surface area (Å²) in [5, 5.41) is 2.06. The van der Waals surface area contributed by atoms with Crippen molar-refractivity contribution in [1.29, 1.82) is 0 Å². The number of ether oxygens (including phenoxy) is 1. The number of hydrogen-bond acceptors (Lipinski definition) is 6. The van der Waals surface area contributed by atoms with Crippen LogP contribution >= 0.6 is 0 Å². The van der Waals surface area contributed by atoms with Crippen molar-refractivity contribution in [3.8, 4) is 0 Å². The van der Waals surface area contributed by atoms with Crippen LogP contribution in [0.4, 0.5) is 4.79 Å². The lowest BCUT2D eigenvalue weighted by Gasteiger charge is -2.54. The molecule has 4 rings (SSSR count). The van der Waals surface area contributed by atoms with Crippen molar-refractivity contribution < 1.29 is 19.1 Å². The second-order valence-corrected chi connectivity index (χ2v) is 10.8. The second-order valence-electron chi connectivity index (χ2n) is 10.8. The summed E-state index contributed by atoms with van der Waals surface area (Å²) >= 11 is 0. The zero-order chi connectivity index (χ0) is 23.9. The first-order valence-corrected chi connectivity index (χ1v) is 12.7. The predicted molar refractivity (Wildman–Crippen MR) is 124 cm³/mol. The van der Waals surface area contributed by atoms with Crippen LogP contribution in [0.3, 0.4) is 0 Å². The summed E-state index contributed by atoms with van der Waals surface area (Å²) in [6.07, 6.45) is 4.59. The van der Waals surface area contributed by atoms with Crippen molar-refractivity contribution in [3.63, 3.8) is 0 Å². The topological polar surface area (TPSA) is 85.4 Å². The third-order valence-corrected chi connectivity index (χ3v) is 7.96. The van der Waals surface area contributed by atoms with Crippen LogP contribution in [0.25, 0.3) is 0 Å². The number of likely N-dealkylation sites (N-methyl/N-ethyl adjacent to an activating group) is 1. The van der Waals surface area contributed by atoms with Gasteiger partial charge in [0.2, 0.25) is 11.8 Å². The highest BCUT2D eigenvalue weighted by molar-refractivity contribution is 5.78. The monoisotopic (exact) mass is 463 g/mol. The normalized spacial score (nSPS) is 32.6. The van der Waals surface area contributed by atoms with Crippen LogP contribution in [0.2, 0.25) is 0 Å². The molecule has 5 atom stereocenters. The van der Waals surface area contributed by atoms with Crippen LogP contribution in [0.1, 0.15) is 59.8 Å². The van der Waals surface area contributed by atoms with E-state index < -0.39 is 0 Å². The molecule has 4 unspecified atom stereocenters. The first kappa shape index (κ1) is 24.3. The highest BCUT2D eigenvalue weighted by Crippen LogP contribution is 2.40. The van der Waals surface area contributed by atoms with E-state index in [-0.39, 0.29) is 42.1 Å². The van der Waals surface area contributed by atoms with Crippen molar-refractivity contribution in [2.75, 3.05) is 33.2 Å². The molecule has 186 valence electrons. The van der Waals surface area contributed by atoms with E-state index in [1.165, 1.54) is 0 Å². The van der Waals surface area contributed by atoms with Crippen molar-refractivity contribution in [1.82, 2.24) is 25.1 Å². The molecule has 2 heterocycles. The SMILES string of the molecule is CC(=O)N1C2CCC(C3CNN(CC(=O)N(C)C4CC4)C3)CC2N(C(=O)OC(C)C)C[C@@H]1C. The minimum absolute atomic E-state index is 0.0156. The maximum absolute atomic E-state index is 12.9. The third kappa shape index (κ3) is 5.29. The van der Waals surface area contributed by atoms with E-state index in [1.807, 2.05) is 42.5 Å². The van der Waals surface area contributed by atoms with E-state index in [2.05, 4.69) is 10.4 Å². The van der Waals surface area contributed by atoms with Gasteiger partial charge in [0, 0.05) is 45.7 Å². The third-order valence-electron chi connectivity index (χ3n) is 7.96. The smallest absolute Gasteiger partial charge is 0.410 e. The van der Waals surface area contributed by atoms with Crippen molar-refractivity contribution in [2.45, 2.75) is 90.1 Å². The maximum atomic E-state index is 12.9. The first-order valence-electron chi connectivity index (χ1n) is 12.7. The fourth-order valence-electron chi connectivity index (χ4n) is 6.14. The van der Waals surface area contributed by atoms with Crippen LogP contribution in [-0.4, -0.2) is 101 Å². The standard InChI is InChI=1S/C24H41N5O4/c1-15(2)33-24(32)28-12-16(3)29(17(4)30)21-9-6-18(10-22(21)28)19-11-25-27(13-19)14-23(31)26(5)20-7-8-20/h15-16,18-22,25H,6-14H2,1-5H3/t16-,18?,19?,21?,22?/m0/s1. The molecule has 0 aromatic carbocycles. The maximum Gasteiger partial charge on any atom is 0.410 e. The van der Waals surface area contributed by atoms with Gasteiger partial charge in [0.05, 0.1) is 24.7 Å². The summed E-state index contributed by atoms with van der Waals surface area (Å²) in [5.74, 6) is 1.13. The molecule has 0 spiro atoms. The van der Waals surface area contributed by atoms with E-state index in [0.717, 1.165) is 45.2 Å². The molecule has 0 aromatic heterocycles. The highest BCUT2D eigenvalue weighted by Gasteiger charge is 2.48. The van der Waals surface area contributed by atoms with Crippen molar-refractivity contribution in [2.24, 2.45) is 11.8 Å². The quantitative estimate of drug-likeness (QED) is 0.668. The Kier molecular flexibility index (Phi) is 7.19. The Morgan fingerprint density at radius 3 is 2.42 bits per heavy atom. The Balaban J connectivity index is 1.41. The lowest BCUT2D eigenvalue weighted by molar-refractivity contribution is -0.142.